The van der Waals surface area contributed by atoms with E-state index in [1.807, 2.05) is 6.92 Å². The molecule has 218 valence electrons. The van der Waals surface area contributed by atoms with Crippen LogP contribution in [0.15, 0.2) is 23.0 Å². The summed E-state index contributed by atoms with van der Waals surface area (Å²) in [6.07, 6.45) is -0.747. The Labute approximate surface area is 232 Å². The van der Waals surface area contributed by atoms with Gasteiger partial charge in [-0.2, -0.15) is 4.98 Å². The number of hydrogen-bond acceptors (Lipinski definition) is 6. The first-order valence-corrected chi connectivity index (χ1v) is 14.1. The van der Waals surface area contributed by atoms with Gasteiger partial charge in [-0.1, -0.05) is 26.0 Å². The average molecular weight is 561 g/mol. The van der Waals surface area contributed by atoms with E-state index in [0.29, 0.717) is 36.5 Å². The number of benzene rings is 1. The summed E-state index contributed by atoms with van der Waals surface area (Å²) < 4.78 is 50.4. The second-order valence-electron chi connectivity index (χ2n) is 11.7. The Morgan fingerprint density at radius 1 is 1.12 bits per heavy atom. The van der Waals surface area contributed by atoms with Crippen LogP contribution in [0.5, 0.6) is 0 Å². The summed E-state index contributed by atoms with van der Waals surface area (Å²) in [5.41, 5.74) is 1.19. The fourth-order valence-electron chi connectivity index (χ4n) is 6.46. The largest absolute Gasteiger partial charge is 0.376 e. The summed E-state index contributed by atoms with van der Waals surface area (Å²) in [6, 6.07) is 3.89. The number of aromatic nitrogens is 4. The second kappa shape index (κ2) is 11.2. The number of alkyl halides is 2. The van der Waals surface area contributed by atoms with E-state index in [1.54, 1.807) is 17.7 Å². The zero-order valence-corrected chi connectivity index (χ0v) is 24.1. The third-order valence-corrected chi connectivity index (χ3v) is 8.46. The molecule has 11 heteroatoms. The van der Waals surface area contributed by atoms with Gasteiger partial charge in [0.15, 0.2) is 5.82 Å². The van der Waals surface area contributed by atoms with Crippen molar-refractivity contribution in [2.24, 2.45) is 13.0 Å². The summed E-state index contributed by atoms with van der Waals surface area (Å²) in [4.78, 5) is 26.9. The quantitative estimate of drug-likeness (QED) is 0.406. The average Bonchev–Trinajstić information content (AvgIpc) is 3.51. The van der Waals surface area contributed by atoms with Crippen molar-refractivity contribution in [3.63, 3.8) is 0 Å². The van der Waals surface area contributed by atoms with Gasteiger partial charge in [0, 0.05) is 44.9 Å². The van der Waals surface area contributed by atoms with Gasteiger partial charge in [-0.3, -0.25) is 9.47 Å². The fraction of sp³-hybridized carbons (Fsp3) is 0.621. The van der Waals surface area contributed by atoms with Gasteiger partial charge in [-0.05, 0) is 51.2 Å². The molecule has 2 aliphatic rings. The number of anilines is 1. The number of fused-ring (bicyclic) bond motifs is 1. The maximum atomic E-state index is 14.6. The lowest BCUT2D eigenvalue weighted by atomic mass is 9.90. The first-order valence-electron chi connectivity index (χ1n) is 14.1. The number of nitrogens with zero attached hydrogens (tertiary/aromatic N) is 6. The molecular weight excluding hydrogens is 521 g/mol. The van der Waals surface area contributed by atoms with Gasteiger partial charge >= 0.3 is 5.69 Å². The van der Waals surface area contributed by atoms with Crippen LogP contribution in [-0.2, 0) is 18.3 Å². The normalized spacial score (nSPS) is 23.2. The van der Waals surface area contributed by atoms with Crippen molar-refractivity contribution in [3.05, 3.63) is 51.5 Å². The van der Waals surface area contributed by atoms with Crippen molar-refractivity contribution < 1.29 is 17.9 Å². The monoisotopic (exact) mass is 560 g/mol. The maximum Gasteiger partial charge on any atom is 0.350 e. The van der Waals surface area contributed by atoms with E-state index in [-0.39, 0.29) is 35.8 Å². The van der Waals surface area contributed by atoms with E-state index in [4.69, 9.17) is 9.72 Å². The lowest BCUT2D eigenvalue weighted by Gasteiger charge is -2.49. The van der Waals surface area contributed by atoms with Crippen LogP contribution in [-0.4, -0.2) is 61.9 Å². The molecular formula is C29H39F3N6O2. The third-order valence-electron chi connectivity index (χ3n) is 8.46. The summed E-state index contributed by atoms with van der Waals surface area (Å²) in [5.74, 6) is 0.615. The van der Waals surface area contributed by atoms with E-state index in [1.165, 1.54) is 12.1 Å². The van der Waals surface area contributed by atoms with E-state index in [9.17, 15) is 18.0 Å². The molecule has 4 heterocycles. The third kappa shape index (κ3) is 5.13. The van der Waals surface area contributed by atoms with Crippen LogP contribution in [0, 0.1) is 18.7 Å². The Hall–Kier alpha value is -2.92. The van der Waals surface area contributed by atoms with Crippen molar-refractivity contribution in [2.75, 3.05) is 24.6 Å². The molecule has 4 atom stereocenters. The van der Waals surface area contributed by atoms with Gasteiger partial charge in [0.1, 0.15) is 22.8 Å². The number of rotatable bonds is 7. The predicted octanol–water partition coefficient (Wildman–Crippen LogP) is 4.99. The molecule has 2 aromatic heterocycles. The lowest BCUT2D eigenvalue weighted by Crippen LogP contribution is -2.58. The number of hydrogen-bond donors (Lipinski definition) is 0. The molecule has 0 aliphatic carbocycles. The first kappa shape index (κ1) is 28.6. The Kier molecular flexibility index (Phi) is 7.98. The predicted molar refractivity (Wildman–Crippen MR) is 148 cm³/mol. The molecule has 2 saturated heterocycles. The molecule has 3 aromatic rings. The van der Waals surface area contributed by atoms with Crippen LogP contribution < -0.4 is 10.6 Å². The van der Waals surface area contributed by atoms with Crippen LogP contribution in [0.25, 0.3) is 11.2 Å². The van der Waals surface area contributed by atoms with Crippen LogP contribution in [0.4, 0.5) is 19.0 Å². The Morgan fingerprint density at radius 2 is 1.88 bits per heavy atom. The molecule has 2 aliphatic heterocycles. The topological polar surface area (TPSA) is 68.4 Å². The van der Waals surface area contributed by atoms with Gasteiger partial charge in [-0.15, -0.1) is 0 Å². The standard InChI is InChI=1S/C29H39F3N6O2/c1-16(2)25(20-9-10-22(26(31)32)23(30)12-20)36-13-18(4)37(14-17(36)3)27-24-28(35(6)29(39)34-27)38(19(5)33-24)15-21-8-7-11-40-21/h9-10,12,16-18,21,25-26H,7-8,11,13-15H2,1-6H3/t17-,18+,21+,25-/m1/s1. The fourth-order valence-corrected chi connectivity index (χ4v) is 6.46. The van der Waals surface area contributed by atoms with Gasteiger partial charge in [0.05, 0.1) is 18.2 Å². The molecule has 0 amide bonds. The molecule has 0 N–H and O–H groups in total. The lowest BCUT2D eigenvalue weighted by molar-refractivity contribution is 0.0818. The highest BCUT2D eigenvalue weighted by molar-refractivity contribution is 5.84. The van der Waals surface area contributed by atoms with Crippen molar-refractivity contribution in [1.29, 1.82) is 0 Å². The second-order valence-corrected chi connectivity index (χ2v) is 11.7. The van der Waals surface area contributed by atoms with Gasteiger partial charge in [0.2, 0.25) is 0 Å². The zero-order chi connectivity index (χ0) is 28.9. The van der Waals surface area contributed by atoms with Crippen LogP contribution in [0.3, 0.4) is 0 Å². The van der Waals surface area contributed by atoms with Crippen molar-refractivity contribution >= 4 is 17.0 Å². The number of piperazine rings is 1. The summed E-state index contributed by atoms with van der Waals surface area (Å²) in [5, 5.41) is 0. The minimum absolute atomic E-state index is 0.0115. The Bertz CT molecular complexity index is 1430. The smallest absolute Gasteiger partial charge is 0.350 e. The molecule has 40 heavy (non-hydrogen) atoms. The van der Waals surface area contributed by atoms with Gasteiger partial charge < -0.3 is 14.2 Å². The molecule has 0 unspecified atom stereocenters. The van der Waals surface area contributed by atoms with E-state index < -0.39 is 17.8 Å². The van der Waals surface area contributed by atoms with E-state index in [0.717, 1.165) is 30.9 Å². The van der Waals surface area contributed by atoms with Crippen molar-refractivity contribution in [2.45, 2.75) is 84.7 Å². The highest BCUT2D eigenvalue weighted by Crippen LogP contribution is 2.37. The Morgan fingerprint density at radius 3 is 2.50 bits per heavy atom. The molecule has 8 nitrogen and oxygen atoms in total. The molecule has 0 bridgehead atoms. The van der Waals surface area contributed by atoms with Gasteiger partial charge in [-0.25, -0.2) is 22.9 Å². The molecule has 2 fully saturated rings. The SMILES string of the molecule is Cc1nc2c(N3C[C@@H](C)N([C@@H](c4ccc(C(F)F)c(F)c4)C(C)C)C[C@@H]3C)nc(=O)n(C)c2n1C[C@@H]1CCCO1. The van der Waals surface area contributed by atoms with E-state index >= 15 is 0 Å². The highest BCUT2D eigenvalue weighted by Gasteiger charge is 2.37. The Balaban J connectivity index is 1.47. The summed E-state index contributed by atoms with van der Waals surface area (Å²) in [6.45, 7) is 12.8. The minimum Gasteiger partial charge on any atom is -0.376 e. The summed E-state index contributed by atoms with van der Waals surface area (Å²) >= 11 is 0. The van der Waals surface area contributed by atoms with Crippen LogP contribution >= 0.6 is 0 Å². The molecule has 0 saturated carbocycles. The molecule has 1 aromatic carbocycles. The highest BCUT2D eigenvalue weighted by atomic mass is 19.3. The number of ether oxygens (including phenoxy) is 1. The molecule has 0 spiro atoms. The van der Waals surface area contributed by atoms with E-state index in [2.05, 4.69) is 47.0 Å². The molecule has 0 radical (unpaired) electrons. The van der Waals surface area contributed by atoms with Crippen LogP contribution in [0.2, 0.25) is 0 Å². The number of aryl methyl sites for hydroxylation is 2. The van der Waals surface area contributed by atoms with Crippen molar-refractivity contribution in [3.8, 4) is 0 Å². The van der Waals surface area contributed by atoms with Gasteiger partial charge in [0.25, 0.3) is 6.43 Å². The maximum absolute atomic E-state index is 14.6. The van der Waals surface area contributed by atoms with Crippen molar-refractivity contribution in [1.82, 2.24) is 24.0 Å². The number of imidazole rings is 1. The zero-order valence-electron chi connectivity index (χ0n) is 24.1. The number of halogens is 3. The van der Waals surface area contributed by atoms with Crippen LogP contribution in [0.1, 0.15) is 70.0 Å². The molecule has 5 rings (SSSR count). The minimum atomic E-state index is -2.85. The first-order chi connectivity index (χ1) is 19.0. The summed E-state index contributed by atoms with van der Waals surface area (Å²) in [7, 11) is 1.73.